The van der Waals surface area contributed by atoms with Crippen LogP contribution in [0.25, 0.3) is 11.1 Å². The Hall–Kier alpha value is -2.57. The summed E-state index contributed by atoms with van der Waals surface area (Å²) in [5, 5.41) is 0. The Labute approximate surface area is 101 Å². The van der Waals surface area contributed by atoms with Gasteiger partial charge in [-0.15, -0.1) is 0 Å². The van der Waals surface area contributed by atoms with Crippen LogP contribution in [0.1, 0.15) is 6.42 Å². The summed E-state index contributed by atoms with van der Waals surface area (Å²) in [6, 6.07) is 7.14. The Kier molecular flexibility index (Phi) is 3.42. The van der Waals surface area contributed by atoms with Crippen LogP contribution in [0.3, 0.4) is 0 Å². The third kappa shape index (κ3) is 2.97. The van der Waals surface area contributed by atoms with E-state index in [2.05, 4.69) is 15.5 Å². The molecule has 2 N–H and O–H groups in total. The Morgan fingerprint density at radius 1 is 1.33 bits per heavy atom. The second-order valence-electron chi connectivity index (χ2n) is 3.34. The predicted molar refractivity (Wildman–Crippen MR) is 59.8 cm³/mol. The lowest BCUT2D eigenvalue weighted by Crippen LogP contribution is -2.19. The number of nitrogens with two attached hydrogens (primary N) is 1. The van der Waals surface area contributed by atoms with Crippen LogP contribution in [-0.4, -0.2) is 23.7 Å². The first-order chi connectivity index (χ1) is 8.65. The monoisotopic (exact) mass is 250 g/mol. The summed E-state index contributed by atoms with van der Waals surface area (Å²) in [5.41, 5.74) is 5.92. The first kappa shape index (κ1) is 11.9. The molecule has 0 unspecified atom stereocenters. The van der Waals surface area contributed by atoms with Crippen LogP contribution < -0.4 is 10.5 Å². The highest BCUT2D eigenvalue weighted by atomic mass is 16.6. The maximum Gasteiger partial charge on any atom is 0.412 e. The first-order valence-electron chi connectivity index (χ1n) is 5.13. The quantitative estimate of drug-likeness (QED) is 0.646. The molecule has 0 atom stereocenters. The SMILES string of the molecule is NC(=O)OC(=O)CCOc1nc2ccccc2o1. The predicted octanol–water partition coefficient (Wildman–Crippen LogP) is 1.22. The highest BCUT2D eigenvalue weighted by Gasteiger charge is 2.09. The number of hydrogen-bond donors (Lipinski definition) is 1. The van der Waals surface area contributed by atoms with Crippen molar-refractivity contribution in [1.82, 2.24) is 4.98 Å². The summed E-state index contributed by atoms with van der Waals surface area (Å²) >= 11 is 0. The van der Waals surface area contributed by atoms with E-state index in [1.807, 2.05) is 12.1 Å². The molecule has 0 fully saturated rings. The Morgan fingerprint density at radius 3 is 2.83 bits per heavy atom. The molecule has 7 heteroatoms. The average Bonchev–Trinajstić information content (AvgIpc) is 2.70. The lowest BCUT2D eigenvalue weighted by molar-refractivity contribution is -0.137. The molecule has 0 bridgehead atoms. The van der Waals surface area contributed by atoms with Gasteiger partial charge in [0, 0.05) is 0 Å². The number of esters is 1. The van der Waals surface area contributed by atoms with Crippen molar-refractivity contribution in [3.8, 4) is 6.08 Å². The average molecular weight is 250 g/mol. The molecule has 0 aliphatic rings. The van der Waals surface area contributed by atoms with Gasteiger partial charge in [-0.1, -0.05) is 12.1 Å². The van der Waals surface area contributed by atoms with Gasteiger partial charge in [0.2, 0.25) is 0 Å². The van der Waals surface area contributed by atoms with Crippen LogP contribution in [0.2, 0.25) is 0 Å². The first-order valence-corrected chi connectivity index (χ1v) is 5.13. The summed E-state index contributed by atoms with van der Waals surface area (Å²) in [6.45, 7) is -0.0149. The van der Waals surface area contributed by atoms with Gasteiger partial charge in [-0.3, -0.25) is 4.79 Å². The Morgan fingerprint density at radius 2 is 2.11 bits per heavy atom. The van der Waals surface area contributed by atoms with Crippen molar-refractivity contribution < 1.29 is 23.5 Å². The van der Waals surface area contributed by atoms with E-state index >= 15 is 0 Å². The van der Waals surface area contributed by atoms with E-state index in [1.165, 1.54) is 0 Å². The van der Waals surface area contributed by atoms with E-state index in [1.54, 1.807) is 12.1 Å². The maximum atomic E-state index is 11.0. The van der Waals surface area contributed by atoms with E-state index in [0.29, 0.717) is 11.1 Å². The zero-order valence-corrected chi connectivity index (χ0v) is 9.29. The van der Waals surface area contributed by atoms with Gasteiger partial charge >= 0.3 is 18.1 Å². The summed E-state index contributed by atoms with van der Waals surface area (Å²) in [4.78, 5) is 25.3. The zero-order chi connectivity index (χ0) is 13.0. The van der Waals surface area contributed by atoms with E-state index in [-0.39, 0.29) is 19.1 Å². The van der Waals surface area contributed by atoms with Crippen LogP contribution in [0, 0.1) is 0 Å². The minimum Gasteiger partial charge on any atom is -0.450 e. The van der Waals surface area contributed by atoms with Crippen molar-refractivity contribution in [3.63, 3.8) is 0 Å². The molecule has 7 nitrogen and oxygen atoms in total. The number of para-hydroxylation sites is 2. The van der Waals surface area contributed by atoms with Gasteiger partial charge in [0.15, 0.2) is 5.58 Å². The van der Waals surface area contributed by atoms with Crippen molar-refractivity contribution in [1.29, 1.82) is 0 Å². The Balaban J connectivity index is 1.87. The normalized spacial score (nSPS) is 10.2. The molecule has 0 aliphatic carbocycles. The topological polar surface area (TPSA) is 105 Å². The number of amides is 1. The fourth-order valence-corrected chi connectivity index (χ4v) is 1.30. The fraction of sp³-hybridized carbons (Fsp3) is 0.182. The number of rotatable bonds is 4. The molecule has 0 saturated heterocycles. The lowest BCUT2D eigenvalue weighted by Gasteiger charge is -1.99. The van der Waals surface area contributed by atoms with Crippen LogP contribution >= 0.6 is 0 Å². The summed E-state index contributed by atoms with van der Waals surface area (Å²) in [6.07, 6.45) is -1.20. The number of hydrogen-bond acceptors (Lipinski definition) is 6. The van der Waals surface area contributed by atoms with Gasteiger partial charge < -0.3 is 19.6 Å². The minimum atomic E-state index is -1.14. The zero-order valence-electron chi connectivity index (χ0n) is 9.29. The minimum absolute atomic E-state index is 0.0149. The highest BCUT2D eigenvalue weighted by molar-refractivity contribution is 5.83. The van der Waals surface area contributed by atoms with Gasteiger partial charge in [0.05, 0.1) is 6.42 Å². The molecule has 0 radical (unpaired) electrons. The number of primary amides is 1. The number of carbonyl (C=O) groups is 2. The summed E-state index contributed by atoms with van der Waals surface area (Å²) < 4.78 is 14.5. The number of benzene rings is 1. The largest absolute Gasteiger partial charge is 0.450 e. The lowest BCUT2D eigenvalue weighted by atomic mass is 10.3. The van der Waals surface area contributed by atoms with Crippen molar-refractivity contribution in [2.45, 2.75) is 6.42 Å². The molecule has 1 aromatic carbocycles. The number of ether oxygens (including phenoxy) is 2. The molecule has 2 rings (SSSR count). The second kappa shape index (κ2) is 5.17. The summed E-state index contributed by atoms with van der Waals surface area (Å²) in [7, 11) is 0. The van der Waals surface area contributed by atoms with E-state index < -0.39 is 12.1 Å². The molecule has 0 spiro atoms. The van der Waals surface area contributed by atoms with Crippen molar-refractivity contribution >= 4 is 23.2 Å². The molecule has 1 amide bonds. The van der Waals surface area contributed by atoms with Gasteiger partial charge in [-0.05, 0) is 12.1 Å². The van der Waals surface area contributed by atoms with Crippen molar-refractivity contribution in [2.75, 3.05) is 6.61 Å². The molecule has 1 heterocycles. The molecule has 94 valence electrons. The second-order valence-corrected chi connectivity index (χ2v) is 3.34. The third-order valence-electron chi connectivity index (χ3n) is 2.02. The van der Waals surface area contributed by atoms with E-state index in [0.717, 1.165) is 0 Å². The van der Waals surface area contributed by atoms with Crippen LogP contribution in [0.5, 0.6) is 6.08 Å². The summed E-state index contributed by atoms with van der Waals surface area (Å²) in [5.74, 6) is -0.765. The maximum absolute atomic E-state index is 11.0. The molecule has 18 heavy (non-hydrogen) atoms. The number of aromatic nitrogens is 1. The molecule has 0 aliphatic heterocycles. The molecule has 2 aromatic rings. The molecular formula is C11H10N2O5. The number of fused-ring (bicyclic) bond motifs is 1. The highest BCUT2D eigenvalue weighted by Crippen LogP contribution is 2.19. The number of carbonyl (C=O) groups excluding carboxylic acids is 2. The smallest absolute Gasteiger partial charge is 0.412 e. The fourth-order valence-electron chi connectivity index (χ4n) is 1.30. The van der Waals surface area contributed by atoms with Crippen LogP contribution in [0.15, 0.2) is 28.7 Å². The van der Waals surface area contributed by atoms with Gasteiger partial charge in [-0.2, -0.15) is 4.98 Å². The number of nitrogens with zero attached hydrogens (tertiary/aromatic N) is 1. The number of oxazole rings is 1. The molecular weight excluding hydrogens is 240 g/mol. The van der Waals surface area contributed by atoms with E-state index in [4.69, 9.17) is 9.15 Å². The molecule has 0 saturated carbocycles. The van der Waals surface area contributed by atoms with Gasteiger partial charge in [0.1, 0.15) is 12.1 Å². The van der Waals surface area contributed by atoms with Crippen LogP contribution in [-0.2, 0) is 9.53 Å². The van der Waals surface area contributed by atoms with Crippen molar-refractivity contribution in [3.05, 3.63) is 24.3 Å². The Bertz CT molecular complexity index is 545. The van der Waals surface area contributed by atoms with E-state index in [9.17, 15) is 9.59 Å². The van der Waals surface area contributed by atoms with Gasteiger partial charge in [-0.25, -0.2) is 4.79 Å². The van der Waals surface area contributed by atoms with Crippen LogP contribution in [0.4, 0.5) is 4.79 Å². The van der Waals surface area contributed by atoms with Crippen molar-refractivity contribution in [2.24, 2.45) is 5.73 Å². The molecule has 1 aromatic heterocycles. The standard InChI is InChI=1S/C11H10N2O5/c12-10(15)18-9(14)5-6-16-11-13-7-3-1-2-4-8(7)17-11/h1-4H,5-6H2,(H2,12,15). The third-order valence-corrected chi connectivity index (χ3v) is 2.02. The van der Waals surface area contributed by atoms with Gasteiger partial charge in [0.25, 0.3) is 0 Å².